The van der Waals surface area contributed by atoms with Crippen LogP contribution in [0.2, 0.25) is 0 Å². The zero-order chi connectivity index (χ0) is 11.8. The number of halogens is 1. The minimum Gasteiger partial charge on any atom is -0.492 e. The SMILES string of the molecule is C=CCNCCOc1ccc(C(C)=O)cc1.Cl. The highest BCUT2D eigenvalue weighted by Crippen LogP contribution is 2.12. The van der Waals surface area contributed by atoms with Crippen LogP contribution in [0.3, 0.4) is 0 Å². The summed E-state index contributed by atoms with van der Waals surface area (Å²) < 4.78 is 5.48. The molecule has 17 heavy (non-hydrogen) atoms. The Morgan fingerprint density at radius 3 is 2.59 bits per heavy atom. The lowest BCUT2D eigenvalue weighted by atomic mass is 10.1. The van der Waals surface area contributed by atoms with Gasteiger partial charge in [0.15, 0.2) is 5.78 Å². The summed E-state index contributed by atoms with van der Waals surface area (Å²) in [6, 6.07) is 7.16. The molecule has 0 aliphatic rings. The van der Waals surface area contributed by atoms with Crippen LogP contribution in [0.1, 0.15) is 17.3 Å². The van der Waals surface area contributed by atoms with Crippen LogP contribution in [-0.2, 0) is 0 Å². The Hall–Kier alpha value is -1.32. The van der Waals surface area contributed by atoms with E-state index in [1.807, 2.05) is 18.2 Å². The number of benzene rings is 1. The number of ether oxygens (including phenoxy) is 1. The quantitative estimate of drug-likeness (QED) is 0.462. The molecule has 1 aromatic rings. The Labute approximate surface area is 108 Å². The van der Waals surface area contributed by atoms with Gasteiger partial charge in [0.05, 0.1) is 0 Å². The van der Waals surface area contributed by atoms with Crippen LogP contribution < -0.4 is 10.1 Å². The van der Waals surface area contributed by atoms with Crippen molar-refractivity contribution < 1.29 is 9.53 Å². The number of carbonyl (C=O) groups is 1. The number of hydrogen-bond donors (Lipinski definition) is 1. The van der Waals surface area contributed by atoms with E-state index in [0.717, 1.165) is 18.8 Å². The van der Waals surface area contributed by atoms with Crippen molar-refractivity contribution in [2.24, 2.45) is 0 Å². The van der Waals surface area contributed by atoms with E-state index in [9.17, 15) is 4.79 Å². The van der Waals surface area contributed by atoms with E-state index in [2.05, 4.69) is 11.9 Å². The van der Waals surface area contributed by atoms with Gasteiger partial charge in [0.1, 0.15) is 12.4 Å². The predicted molar refractivity (Wildman–Crippen MR) is 72.3 cm³/mol. The number of hydrogen-bond acceptors (Lipinski definition) is 3. The highest BCUT2D eigenvalue weighted by Gasteiger charge is 1.98. The molecule has 0 amide bonds. The second-order valence-corrected chi connectivity index (χ2v) is 3.42. The summed E-state index contributed by atoms with van der Waals surface area (Å²) in [5.41, 5.74) is 0.706. The summed E-state index contributed by atoms with van der Waals surface area (Å²) in [5, 5.41) is 3.14. The highest BCUT2D eigenvalue weighted by atomic mass is 35.5. The zero-order valence-corrected chi connectivity index (χ0v) is 10.8. The summed E-state index contributed by atoms with van der Waals surface area (Å²) >= 11 is 0. The number of rotatable bonds is 7. The van der Waals surface area contributed by atoms with Crippen LogP contribution in [0.15, 0.2) is 36.9 Å². The number of carbonyl (C=O) groups excluding carboxylic acids is 1. The normalized spacial score (nSPS) is 9.24. The minimum absolute atomic E-state index is 0. The fraction of sp³-hybridized carbons (Fsp3) is 0.308. The van der Waals surface area contributed by atoms with Crippen molar-refractivity contribution in [1.82, 2.24) is 5.32 Å². The van der Waals surface area contributed by atoms with Gasteiger partial charge in [-0.2, -0.15) is 0 Å². The van der Waals surface area contributed by atoms with Gasteiger partial charge in [-0.3, -0.25) is 4.79 Å². The van der Waals surface area contributed by atoms with Crippen molar-refractivity contribution in [2.75, 3.05) is 19.7 Å². The molecule has 3 nitrogen and oxygen atoms in total. The molecule has 0 aromatic heterocycles. The summed E-state index contributed by atoms with van der Waals surface area (Å²) in [4.78, 5) is 11.0. The standard InChI is InChI=1S/C13H17NO2.ClH/c1-3-8-14-9-10-16-13-6-4-12(5-7-13)11(2)15;/h3-7,14H,1,8-10H2,2H3;1H. The minimum atomic E-state index is 0. The molecule has 0 spiro atoms. The monoisotopic (exact) mass is 255 g/mol. The van der Waals surface area contributed by atoms with E-state index in [1.54, 1.807) is 19.1 Å². The third-order valence-corrected chi connectivity index (χ3v) is 2.10. The molecule has 0 heterocycles. The molecule has 1 aromatic carbocycles. The van der Waals surface area contributed by atoms with Crippen LogP contribution in [0, 0.1) is 0 Å². The van der Waals surface area contributed by atoms with E-state index in [-0.39, 0.29) is 18.2 Å². The van der Waals surface area contributed by atoms with E-state index in [4.69, 9.17) is 4.74 Å². The maximum absolute atomic E-state index is 11.0. The Morgan fingerprint density at radius 1 is 1.41 bits per heavy atom. The lowest BCUT2D eigenvalue weighted by molar-refractivity contribution is 0.101. The van der Waals surface area contributed by atoms with Crippen LogP contribution >= 0.6 is 12.4 Å². The third-order valence-electron chi connectivity index (χ3n) is 2.10. The highest BCUT2D eigenvalue weighted by molar-refractivity contribution is 5.94. The van der Waals surface area contributed by atoms with Gasteiger partial charge in [0.2, 0.25) is 0 Å². The van der Waals surface area contributed by atoms with Crippen LogP contribution in [-0.4, -0.2) is 25.5 Å². The molecule has 0 aliphatic carbocycles. The van der Waals surface area contributed by atoms with Crippen molar-refractivity contribution in [3.63, 3.8) is 0 Å². The second-order valence-electron chi connectivity index (χ2n) is 3.42. The number of ketones is 1. The fourth-order valence-corrected chi connectivity index (χ4v) is 1.23. The van der Waals surface area contributed by atoms with Gasteiger partial charge in [-0.1, -0.05) is 6.08 Å². The first kappa shape index (κ1) is 15.7. The van der Waals surface area contributed by atoms with E-state index in [0.29, 0.717) is 12.2 Å². The largest absolute Gasteiger partial charge is 0.492 e. The van der Waals surface area contributed by atoms with E-state index < -0.39 is 0 Å². The molecule has 0 aliphatic heterocycles. The maximum atomic E-state index is 11.0. The van der Waals surface area contributed by atoms with Crippen molar-refractivity contribution >= 4 is 18.2 Å². The van der Waals surface area contributed by atoms with Crippen LogP contribution in [0.5, 0.6) is 5.75 Å². The van der Waals surface area contributed by atoms with Crippen LogP contribution in [0.25, 0.3) is 0 Å². The van der Waals surface area contributed by atoms with E-state index >= 15 is 0 Å². The Bertz CT molecular complexity index is 349. The van der Waals surface area contributed by atoms with Gasteiger partial charge in [0.25, 0.3) is 0 Å². The molecule has 0 radical (unpaired) electrons. The van der Waals surface area contributed by atoms with Crippen molar-refractivity contribution in [3.8, 4) is 5.75 Å². The molecule has 0 saturated carbocycles. The molecule has 0 bridgehead atoms. The molecule has 0 saturated heterocycles. The molecule has 1 rings (SSSR count). The van der Waals surface area contributed by atoms with Crippen LogP contribution in [0.4, 0.5) is 0 Å². The molecule has 4 heteroatoms. The van der Waals surface area contributed by atoms with Crippen molar-refractivity contribution in [2.45, 2.75) is 6.92 Å². The van der Waals surface area contributed by atoms with Gasteiger partial charge in [-0.15, -0.1) is 19.0 Å². The molecule has 0 fully saturated rings. The van der Waals surface area contributed by atoms with Gasteiger partial charge < -0.3 is 10.1 Å². The van der Waals surface area contributed by atoms with Crippen molar-refractivity contribution in [3.05, 3.63) is 42.5 Å². The molecular formula is C13H18ClNO2. The van der Waals surface area contributed by atoms with E-state index in [1.165, 1.54) is 0 Å². The maximum Gasteiger partial charge on any atom is 0.159 e. The first-order valence-electron chi connectivity index (χ1n) is 5.29. The Kier molecular flexibility index (Phi) is 8.11. The molecule has 94 valence electrons. The van der Waals surface area contributed by atoms with Gasteiger partial charge in [-0.05, 0) is 31.2 Å². The average Bonchev–Trinajstić information content (AvgIpc) is 2.29. The molecular weight excluding hydrogens is 238 g/mol. The summed E-state index contributed by atoms with van der Waals surface area (Å²) in [5.74, 6) is 0.851. The lowest BCUT2D eigenvalue weighted by Crippen LogP contribution is -2.20. The fourth-order valence-electron chi connectivity index (χ4n) is 1.23. The summed E-state index contributed by atoms with van der Waals surface area (Å²) in [6.45, 7) is 7.33. The Balaban J connectivity index is 0.00000256. The zero-order valence-electron chi connectivity index (χ0n) is 9.94. The van der Waals surface area contributed by atoms with Gasteiger partial charge >= 0.3 is 0 Å². The number of nitrogens with one attached hydrogen (secondary N) is 1. The Morgan fingerprint density at radius 2 is 2.06 bits per heavy atom. The second kappa shape index (κ2) is 8.79. The smallest absolute Gasteiger partial charge is 0.159 e. The van der Waals surface area contributed by atoms with Gasteiger partial charge in [0, 0.05) is 18.7 Å². The topological polar surface area (TPSA) is 38.3 Å². The van der Waals surface area contributed by atoms with Crippen molar-refractivity contribution in [1.29, 1.82) is 0 Å². The first-order valence-corrected chi connectivity index (χ1v) is 5.29. The summed E-state index contributed by atoms with van der Waals surface area (Å²) in [7, 11) is 0. The van der Waals surface area contributed by atoms with Gasteiger partial charge in [-0.25, -0.2) is 0 Å². The number of Topliss-reactive ketones (excluding diaryl/α,β-unsaturated/α-hetero) is 1. The lowest BCUT2D eigenvalue weighted by Gasteiger charge is -2.06. The molecule has 0 atom stereocenters. The molecule has 0 unspecified atom stereocenters. The third kappa shape index (κ3) is 6.09. The average molecular weight is 256 g/mol. The summed E-state index contributed by atoms with van der Waals surface area (Å²) in [6.07, 6.45) is 1.81. The predicted octanol–water partition coefficient (Wildman–Crippen LogP) is 2.47. The molecule has 1 N–H and O–H groups in total. The first-order chi connectivity index (χ1) is 7.74.